The number of carbonyl (C=O) groups excluding carboxylic acids is 4. The van der Waals surface area contributed by atoms with E-state index in [1.165, 1.54) is 4.90 Å². The fourth-order valence-electron chi connectivity index (χ4n) is 8.05. The number of aliphatic hydroxyl groups is 1. The zero-order valence-corrected chi connectivity index (χ0v) is 29.5. The maximum absolute atomic E-state index is 14.8. The van der Waals surface area contributed by atoms with Crippen LogP contribution in [0.25, 0.3) is 0 Å². The Hall–Kier alpha value is -4.48. The monoisotopic (exact) mass is 684 g/mol. The van der Waals surface area contributed by atoms with Gasteiger partial charge in [0.05, 0.1) is 30.7 Å². The van der Waals surface area contributed by atoms with Gasteiger partial charge in [-0.1, -0.05) is 54.6 Å². The van der Waals surface area contributed by atoms with Crippen LogP contribution in [-0.2, 0) is 28.7 Å². The first-order chi connectivity index (χ1) is 24.1. The highest BCUT2D eigenvalue weighted by Crippen LogP contribution is 2.54. The van der Waals surface area contributed by atoms with Crippen LogP contribution in [0.2, 0.25) is 0 Å². The third kappa shape index (κ3) is 6.00. The molecular formula is C39H48N4O7. The third-order valence-electron chi connectivity index (χ3n) is 10.9. The van der Waals surface area contributed by atoms with E-state index in [2.05, 4.69) is 18.7 Å². The fourth-order valence-corrected chi connectivity index (χ4v) is 8.05. The number of rotatable bonds is 7. The van der Waals surface area contributed by atoms with Crippen LogP contribution in [0.15, 0.2) is 78.9 Å². The van der Waals surface area contributed by atoms with E-state index < -0.39 is 59.6 Å². The highest BCUT2D eigenvalue weighted by molar-refractivity contribution is 6.05. The molecule has 0 aromatic heterocycles. The number of benzene rings is 2. The normalized spacial score (nSPS) is 31.2. The zero-order chi connectivity index (χ0) is 35.7. The summed E-state index contributed by atoms with van der Waals surface area (Å²) in [6, 6.07) is 14.6. The molecule has 0 radical (unpaired) electrons. The molecular weight excluding hydrogens is 636 g/mol. The van der Waals surface area contributed by atoms with Gasteiger partial charge < -0.3 is 34.2 Å². The minimum atomic E-state index is -1.51. The molecule has 50 heavy (non-hydrogen) atoms. The van der Waals surface area contributed by atoms with E-state index in [1.54, 1.807) is 42.0 Å². The van der Waals surface area contributed by atoms with Gasteiger partial charge in [0, 0.05) is 44.5 Å². The summed E-state index contributed by atoms with van der Waals surface area (Å²) in [5, 5.41) is 10.3. The van der Waals surface area contributed by atoms with Gasteiger partial charge in [-0.25, -0.2) is 0 Å². The van der Waals surface area contributed by atoms with Gasteiger partial charge in [-0.3, -0.25) is 19.2 Å². The fraction of sp³-hybridized carbons (Fsp3) is 0.487. The number of nitrogens with zero attached hydrogens (tertiary/aromatic N) is 4. The second kappa shape index (κ2) is 14.4. The number of carbonyl (C=O) groups is 4. The Labute approximate surface area is 294 Å². The summed E-state index contributed by atoms with van der Waals surface area (Å²) >= 11 is 0. The molecule has 4 aliphatic heterocycles. The Morgan fingerprint density at radius 3 is 2.34 bits per heavy atom. The maximum Gasteiger partial charge on any atom is 0.313 e. The van der Waals surface area contributed by atoms with E-state index in [4.69, 9.17) is 9.47 Å². The molecule has 1 spiro atoms. The highest BCUT2D eigenvalue weighted by atomic mass is 16.6. The van der Waals surface area contributed by atoms with E-state index in [0.717, 1.165) is 18.8 Å². The molecule has 8 atom stereocenters. The Morgan fingerprint density at radius 2 is 1.68 bits per heavy atom. The van der Waals surface area contributed by atoms with Crippen LogP contribution in [0.5, 0.6) is 0 Å². The molecule has 3 amide bonds. The summed E-state index contributed by atoms with van der Waals surface area (Å²) in [5.41, 5.74) is 0.906. The first-order valence-electron chi connectivity index (χ1n) is 17.7. The van der Waals surface area contributed by atoms with Gasteiger partial charge in [-0.05, 0) is 63.9 Å². The van der Waals surface area contributed by atoms with Crippen molar-refractivity contribution in [1.82, 2.24) is 9.80 Å². The van der Waals surface area contributed by atoms with Gasteiger partial charge >= 0.3 is 5.97 Å². The van der Waals surface area contributed by atoms with E-state index in [0.29, 0.717) is 17.7 Å². The molecule has 266 valence electrons. The van der Waals surface area contributed by atoms with Gasteiger partial charge in [-0.2, -0.15) is 0 Å². The van der Waals surface area contributed by atoms with Gasteiger partial charge in [-0.15, -0.1) is 0 Å². The second-order valence-electron chi connectivity index (χ2n) is 13.6. The van der Waals surface area contributed by atoms with E-state index in [-0.39, 0.29) is 31.4 Å². The van der Waals surface area contributed by atoms with Crippen molar-refractivity contribution in [3.05, 3.63) is 84.5 Å². The predicted octanol–water partition coefficient (Wildman–Crippen LogP) is 3.88. The largest absolute Gasteiger partial charge is 0.455 e. The standard InChI is InChI=1S/C39H48N4O7/c1-6-41(7-2)28-18-20-29(21-19-28)42-23-13-22-39-33(36(46)43(25(3)24-44)35(39)37(42)47)32-30(50-39)16-11-12-17-31(45)40(5)26(4)34(49-38(32)48)27-14-9-8-10-15-27/h8-11,13-16,18-22,25-26,30,32-35,44H,6-7,12,17,23-24H2,1-5H3/b16-11-/t25-,26-,30-,32+,33+,34+,35-,39+/m1/s1. The molecule has 0 aliphatic carbocycles. The molecule has 2 saturated heterocycles. The van der Waals surface area contributed by atoms with Gasteiger partial charge in [0.25, 0.3) is 5.91 Å². The third-order valence-corrected chi connectivity index (χ3v) is 10.9. The Kier molecular flexibility index (Phi) is 10.2. The summed E-state index contributed by atoms with van der Waals surface area (Å²) in [6.07, 6.45) is 6.05. The molecule has 11 nitrogen and oxygen atoms in total. The highest BCUT2D eigenvalue weighted by Gasteiger charge is 2.72. The number of amides is 3. The number of ether oxygens (including phenoxy) is 2. The van der Waals surface area contributed by atoms with Gasteiger partial charge in [0.2, 0.25) is 11.8 Å². The predicted molar refractivity (Wildman–Crippen MR) is 189 cm³/mol. The van der Waals surface area contributed by atoms with Crippen LogP contribution < -0.4 is 9.80 Å². The van der Waals surface area contributed by atoms with Crippen molar-refractivity contribution in [2.75, 3.05) is 43.1 Å². The van der Waals surface area contributed by atoms with Crippen LogP contribution in [0.3, 0.4) is 0 Å². The van der Waals surface area contributed by atoms with Crippen LogP contribution in [0.1, 0.15) is 52.2 Å². The lowest BCUT2D eigenvalue weighted by atomic mass is 9.77. The molecule has 2 aromatic carbocycles. The van der Waals surface area contributed by atoms with Crippen LogP contribution in [0.4, 0.5) is 11.4 Å². The van der Waals surface area contributed by atoms with Crippen molar-refractivity contribution in [3.63, 3.8) is 0 Å². The number of allylic oxidation sites excluding steroid dienone is 1. The SMILES string of the molecule is CCN(CC)c1ccc(N2CC=C[C@]34O[C@@H]5/C=C\CCC(=O)N(C)[C@H](C)[C@@H](c6ccccc6)OC(=O)[C@@H]5[C@H]3C(=O)N([C@H](C)CO)[C@@H]4C2=O)cc1. The number of aliphatic hydroxyl groups excluding tert-OH is 1. The van der Waals surface area contributed by atoms with Crippen molar-refractivity contribution >= 4 is 35.1 Å². The molecule has 1 N–H and O–H groups in total. The van der Waals surface area contributed by atoms with Crippen LogP contribution in [-0.4, -0.2) is 102 Å². The second-order valence-corrected chi connectivity index (χ2v) is 13.6. The molecule has 2 aromatic rings. The van der Waals surface area contributed by atoms with Crippen molar-refractivity contribution < 1.29 is 33.8 Å². The lowest BCUT2D eigenvalue weighted by Gasteiger charge is -2.37. The van der Waals surface area contributed by atoms with Crippen LogP contribution in [0, 0.1) is 11.8 Å². The molecule has 2 fully saturated rings. The topological polar surface area (TPSA) is 120 Å². The van der Waals surface area contributed by atoms with Crippen molar-refractivity contribution in [2.45, 2.75) is 76.5 Å². The summed E-state index contributed by atoms with van der Waals surface area (Å²) in [5.74, 6) is -3.74. The molecule has 6 rings (SSSR count). The Bertz CT molecular complexity index is 1640. The lowest BCUT2D eigenvalue weighted by Crippen LogP contribution is -2.57. The van der Waals surface area contributed by atoms with E-state index in [1.807, 2.05) is 67.6 Å². The average Bonchev–Trinajstić information content (AvgIpc) is 3.53. The Morgan fingerprint density at radius 1 is 0.980 bits per heavy atom. The van der Waals surface area contributed by atoms with Crippen molar-refractivity contribution in [3.8, 4) is 0 Å². The molecule has 11 heteroatoms. The number of cyclic esters (lactones) is 1. The lowest BCUT2D eigenvalue weighted by molar-refractivity contribution is -0.164. The minimum Gasteiger partial charge on any atom is -0.455 e. The smallest absolute Gasteiger partial charge is 0.313 e. The number of hydrogen-bond acceptors (Lipinski definition) is 8. The molecule has 0 bridgehead atoms. The summed E-state index contributed by atoms with van der Waals surface area (Å²) in [6.45, 7) is 9.24. The molecule has 0 saturated carbocycles. The maximum atomic E-state index is 14.8. The average molecular weight is 685 g/mol. The van der Waals surface area contributed by atoms with E-state index in [9.17, 15) is 24.3 Å². The summed E-state index contributed by atoms with van der Waals surface area (Å²) in [7, 11) is 1.70. The number of esters is 1. The summed E-state index contributed by atoms with van der Waals surface area (Å²) < 4.78 is 13.1. The van der Waals surface area contributed by atoms with E-state index >= 15 is 0 Å². The Balaban J connectivity index is 1.42. The summed E-state index contributed by atoms with van der Waals surface area (Å²) in [4.78, 5) is 64.0. The number of anilines is 2. The first-order valence-corrected chi connectivity index (χ1v) is 17.7. The first kappa shape index (κ1) is 35.3. The van der Waals surface area contributed by atoms with Gasteiger partial charge in [0.1, 0.15) is 23.7 Å². The number of likely N-dealkylation sites (N-methyl/N-ethyl adjacent to an activating group) is 1. The number of hydrogen-bond donors (Lipinski definition) is 1. The van der Waals surface area contributed by atoms with Crippen molar-refractivity contribution in [1.29, 1.82) is 0 Å². The molecule has 4 aliphatic rings. The quantitative estimate of drug-likeness (QED) is 0.345. The minimum absolute atomic E-state index is 0.0922. The van der Waals surface area contributed by atoms with Crippen LogP contribution >= 0.6 is 0 Å². The zero-order valence-electron chi connectivity index (χ0n) is 29.5. The van der Waals surface area contributed by atoms with Gasteiger partial charge in [0.15, 0.2) is 0 Å². The molecule has 0 unspecified atom stereocenters. The van der Waals surface area contributed by atoms with Crippen molar-refractivity contribution in [2.24, 2.45) is 11.8 Å². The number of likely N-dealkylation sites (tertiary alicyclic amines) is 1. The molecule has 4 heterocycles. The number of fused-ring (bicyclic) bond motifs is 2.